The van der Waals surface area contributed by atoms with Crippen LogP contribution in [0, 0.1) is 0 Å². The Bertz CT molecular complexity index is 1590. The van der Waals surface area contributed by atoms with Crippen LogP contribution in [0.4, 0.5) is 5.69 Å². The normalized spacial score (nSPS) is 19.2. The van der Waals surface area contributed by atoms with Crippen LogP contribution in [-0.4, -0.2) is 66.9 Å². The predicted octanol–water partition coefficient (Wildman–Crippen LogP) is 5.56. The van der Waals surface area contributed by atoms with Crippen LogP contribution in [0.15, 0.2) is 88.0 Å². The molecule has 0 unspecified atom stereocenters. The Morgan fingerprint density at radius 3 is 2.48 bits per heavy atom. The van der Waals surface area contributed by atoms with E-state index in [4.69, 9.17) is 29.8 Å². The molecule has 0 saturated carbocycles. The van der Waals surface area contributed by atoms with Crippen LogP contribution in [0.5, 0.6) is 5.75 Å². The van der Waals surface area contributed by atoms with E-state index in [1.807, 2.05) is 36.4 Å². The SMILES string of the molecule is [N-]=[N+]=NCc1ccccc1[C@@H]1OC(c2ccc(OCCCO)cc2)=N[C@]1(Cc1ccccc1N=[N+]=[N-])C(=O)N1CCOCC1. The Hall–Kier alpha value is -5.06. The number of carbonyl (C=O) groups is 1. The van der Waals surface area contributed by atoms with Crippen LogP contribution in [0.3, 0.4) is 0 Å². The van der Waals surface area contributed by atoms with Crippen molar-refractivity contribution in [2.24, 2.45) is 15.2 Å². The summed E-state index contributed by atoms with van der Waals surface area (Å²) in [5.41, 5.74) is 19.8. The molecule has 3 aromatic rings. The highest BCUT2D eigenvalue weighted by Gasteiger charge is 2.55. The largest absolute Gasteiger partial charge is 0.494 e. The lowest BCUT2D eigenvalue weighted by atomic mass is 9.79. The minimum absolute atomic E-state index is 0.0351. The molecule has 1 amide bonds. The first-order valence-electron chi connectivity index (χ1n) is 14.3. The van der Waals surface area contributed by atoms with Crippen LogP contribution < -0.4 is 4.74 Å². The van der Waals surface area contributed by atoms with E-state index in [1.165, 1.54) is 0 Å². The summed E-state index contributed by atoms with van der Waals surface area (Å²) in [7, 11) is 0. The van der Waals surface area contributed by atoms with Crippen LogP contribution in [0.2, 0.25) is 0 Å². The van der Waals surface area contributed by atoms with Gasteiger partial charge in [0.1, 0.15) is 5.75 Å². The van der Waals surface area contributed by atoms with Crippen molar-refractivity contribution in [3.8, 4) is 5.75 Å². The first kappa shape index (κ1) is 30.4. The van der Waals surface area contributed by atoms with Gasteiger partial charge in [-0.1, -0.05) is 58.8 Å². The van der Waals surface area contributed by atoms with Crippen molar-refractivity contribution < 1.29 is 24.1 Å². The van der Waals surface area contributed by atoms with Crippen molar-refractivity contribution in [2.75, 3.05) is 39.5 Å². The van der Waals surface area contributed by atoms with Gasteiger partial charge in [-0.15, -0.1) is 0 Å². The van der Waals surface area contributed by atoms with E-state index in [2.05, 4.69) is 20.1 Å². The molecule has 13 heteroatoms. The first-order chi connectivity index (χ1) is 21.6. The Morgan fingerprint density at radius 2 is 1.75 bits per heavy atom. The second-order valence-electron chi connectivity index (χ2n) is 10.3. The first-order valence-corrected chi connectivity index (χ1v) is 14.3. The van der Waals surface area contributed by atoms with E-state index in [0.29, 0.717) is 73.0 Å². The second kappa shape index (κ2) is 14.4. The fourth-order valence-corrected chi connectivity index (χ4v) is 5.42. The number of azide groups is 2. The van der Waals surface area contributed by atoms with Gasteiger partial charge in [-0.05, 0) is 52.0 Å². The molecule has 3 aromatic carbocycles. The molecule has 2 atom stereocenters. The standard InChI is InChI=1S/C31H32N8O5/c32-37-34-21-24-7-1-3-8-26(24)28-31(30(41)39-14-18-42-19-15-39,20-23-6-2-4-9-27(23)36-38-33)35-29(44-28)22-10-12-25(13-11-22)43-17-5-16-40/h1-4,6-13,28,40H,5,14-21H2/t28-,31-/m0/s1. The van der Waals surface area contributed by atoms with Crippen LogP contribution in [0.25, 0.3) is 20.9 Å². The Kier molecular flexibility index (Phi) is 9.96. The highest BCUT2D eigenvalue weighted by atomic mass is 16.5. The van der Waals surface area contributed by atoms with Crippen LogP contribution >= 0.6 is 0 Å². The zero-order valence-electron chi connectivity index (χ0n) is 24.0. The third kappa shape index (κ3) is 6.61. The van der Waals surface area contributed by atoms with Gasteiger partial charge in [0.05, 0.1) is 26.4 Å². The fourth-order valence-electron chi connectivity index (χ4n) is 5.42. The summed E-state index contributed by atoms with van der Waals surface area (Å²) in [6, 6.07) is 21.6. The number of hydrogen-bond acceptors (Lipinski definition) is 8. The number of aliphatic hydroxyl groups excluding tert-OH is 1. The molecule has 0 aliphatic carbocycles. The lowest BCUT2D eigenvalue weighted by molar-refractivity contribution is -0.143. The van der Waals surface area contributed by atoms with Gasteiger partial charge in [0.2, 0.25) is 5.90 Å². The average Bonchev–Trinajstić information content (AvgIpc) is 3.45. The summed E-state index contributed by atoms with van der Waals surface area (Å²) in [5.74, 6) is 0.633. The number of benzene rings is 3. The molecule has 0 bridgehead atoms. The van der Waals surface area contributed by atoms with Crippen molar-refractivity contribution in [1.82, 2.24) is 4.90 Å². The number of aliphatic imine (C=N–C) groups is 1. The predicted molar refractivity (Wildman–Crippen MR) is 162 cm³/mol. The molecule has 2 aliphatic heterocycles. The van der Waals surface area contributed by atoms with E-state index in [9.17, 15) is 10.3 Å². The van der Waals surface area contributed by atoms with E-state index in [1.54, 1.807) is 41.3 Å². The summed E-state index contributed by atoms with van der Waals surface area (Å²) in [5, 5.41) is 16.7. The molecule has 44 heavy (non-hydrogen) atoms. The Labute approximate surface area is 253 Å². The maximum Gasteiger partial charge on any atom is 0.255 e. The Balaban J connectivity index is 1.66. The molecule has 2 aliphatic rings. The lowest BCUT2D eigenvalue weighted by Crippen LogP contribution is -2.54. The zero-order valence-corrected chi connectivity index (χ0v) is 24.0. The Morgan fingerprint density at radius 1 is 1.02 bits per heavy atom. The summed E-state index contributed by atoms with van der Waals surface area (Å²) in [6.45, 7) is 2.02. The fraction of sp³-hybridized carbons (Fsp3) is 0.355. The van der Waals surface area contributed by atoms with Gasteiger partial charge < -0.3 is 24.2 Å². The molecule has 0 radical (unpaired) electrons. The molecular formula is C31H32N8O5. The number of ether oxygens (including phenoxy) is 3. The molecule has 226 valence electrons. The van der Waals surface area contributed by atoms with E-state index in [-0.39, 0.29) is 31.4 Å². The molecule has 13 nitrogen and oxygen atoms in total. The number of carbonyl (C=O) groups excluding carboxylic acids is 1. The molecule has 0 spiro atoms. The molecule has 1 saturated heterocycles. The minimum atomic E-state index is -1.50. The molecule has 1 N–H and O–H groups in total. The number of hydrogen-bond donors (Lipinski definition) is 1. The lowest BCUT2D eigenvalue weighted by Gasteiger charge is -2.37. The minimum Gasteiger partial charge on any atom is -0.494 e. The van der Waals surface area contributed by atoms with Crippen molar-refractivity contribution in [3.05, 3.63) is 116 Å². The molecule has 1 fully saturated rings. The van der Waals surface area contributed by atoms with Crippen molar-refractivity contribution >= 4 is 17.5 Å². The van der Waals surface area contributed by atoms with E-state index in [0.717, 1.165) is 0 Å². The molecular weight excluding hydrogens is 564 g/mol. The van der Waals surface area contributed by atoms with Gasteiger partial charge >= 0.3 is 0 Å². The van der Waals surface area contributed by atoms with E-state index >= 15 is 0 Å². The van der Waals surface area contributed by atoms with Crippen LogP contribution in [-0.2, 0) is 27.2 Å². The van der Waals surface area contributed by atoms with Gasteiger partial charge in [0.15, 0.2) is 11.6 Å². The topological polar surface area (TPSA) is 178 Å². The smallest absolute Gasteiger partial charge is 0.255 e. The monoisotopic (exact) mass is 596 g/mol. The molecule has 5 rings (SSSR count). The van der Waals surface area contributed by atoms with Gasteiger partial charge in [-0.2, -0.15) is 0 Å². The maximum absolute atomic E-state index is 14.7. The van der Waals surface area contributed by atoms with E-state index < -0.39 is 11.6 Å². The number of aliphatic hydroxyl groups is 1. The van der Waals surface area contributed by atoms with Gasteiger partial charge in [0, 0.05) is 53.6 Å². The maximum atomic E-state index is 14.7. The zero-order chi connectivity index (χ0) is 30.8. The third-order valence-electron chi connectivity index (χ3n) is 7.55. The van der Waals surface area contributed by atoms with Crippen molar-refractivity contribution in [2.45, 2.75) is 31.0 Å². The van der Waals surface area contributed by atoms with Gasteiger partial charge in [0.25, 0.3) is 5.91 Å². The van der Waals surface area contributed by atoms with Gasteiger partial charge in [-0.25, -0.2) is 4.99 Å². The average molecular weight is 597 g/mol. The molecule has 2 heterocycles. The highest BCUT2D eigenvalue weighted by Crippen LogP contribution is 2.45. The molecule has 0 aromatic heterocycles. The van der Waals surface area contributed by atoms with Crippen molar-refractivity contribution in [1.29, 1.82) is 0 Å². The summed E-state index contributed by atoms with van der Waals surface area (Å²) in [4.78, 5) is 27.5. The quantitative estimate of drug-likeness (QED) is 0.124. The van der Waals surface area contributed by atoms with Crippen molar-refractivity contribution in [3.63, 3.8) is 0 Å². The number of amides is 1. The summed E-state index contributed by atoms with van der Waals surface area (Å²) in [6.07, 6.45) is -0.319. The number of morpholine rings is 1. The summed E-state index contributed by atoms with van der Waals surface area (Å²) < 4.78 is 17.9. The second-order valence-corrected chi connectivity index (χ2v) is 10.3. The van der Waals surface area contributed by atoms with Crippen LogP contribution in [0.1, 0.15) is 34.8 Å². The third-order valence-corrected chi connectivity index (χ3v) is 7.55. The summed E-state index contributed by atoms with van der Waals surface area (Å²) >= 11 is 0. The highest BCUT2D eigenvalue weighted by molar-refractivity contribution is 6.01. The number of rotatable bonds is 12. The van der Waals surface area contributed by atoms with Gasteiger partial charge in [-0.3, -0.25) is 4.79 Å². The number of nitrogens with zero attached hydrogens (tertiary/aromatic N) is 8.